The van der Waals surface area contributed by atoms with E-state index in [1.165, 1.54) is 51.4 Å². The summed E-state index contributed by atoms with van der Waals surface area (Å²) >= 11 is 3.49. The van der Waals surface area contributed by atoms with E-state index in [2.05, 4.69) is 34.3 Å². The molecule has 1 aromatic rings. The number of hydrogen-bond acceptors (Lipinski definition) is 3. The Hall–Kier alpha value is -0.580. The molecule has 0 radical (unpaired) electrons. The smallest absolute Gasteiger partial charge is 0.0480 e. The summed E-state index contributed by atoms with van der Waals surface area (Å²) in [5, 5.41) is 0. The molecule has 0 saturated carbocycles. The summed E-state index contributed by atoms with van der Waals surface area (Å²) in [6, 6.07) is 6.09. The van der Waals surface area contributed by atoms with Gasteiger partial charge in [-0.3, -0.25) is 11.3 Å². The van der Waals surface area contributed by atoms with Crippen LogP contribution in [0.2, 0.25) is 0 Å². The maximum Gasteiger partial charge on any atom is 0.0480 e. The van der Waals surface area contributed by atoms with Crippen molar-refractivity contribution >= 4 is 21.6 Å². The molecular weight excluding hydrogens is 326 g/mol. The van der Waals surface area contributed by atoms with Crippen LogP contribution in [-0.2, 0) is 0 Å². The van der Waals surface area contributed by atoms with Crippen LogP contribution in [0, 0.1) is 0 Å². The fourth-order valence-electron chi connectivity index (χ4n) is 2.66. The van der Waals surface area contributed by atoms with Gasteiger partial charge in [0, 0.05) is 16.2 Å². The number of rotatable bonds is 11. The standard InChI is InChI=1S/C17H30BrN3/c1-2-3-4-5-6-7-8-9-10-17(21-20)15-13-14(18)11-12-16(15)19/h11-13,17,21H,2-10,19-20H2,1H3. The highest BCUT2D eigenvalue weighted by Gasteiger charge is 2.12. The Kier molecular flexibility index (Phi) is 9.72. The average Bonchev–Trinajstić information content (AvgIpc) is 2.49. The molecule has 1 rings (SSSR count). The number of halogens is 1. The van der Waals surface area contributed by atoms with Crippen LogP contribution in [0.25, 0.3) is 0 Å². The van der Waals surface area contributed by atoms with Crippen molar-refractivity contribution in [3.63, 3.8) is 0 Å². The molecular formula is C17H30BrN3. The minimum atomic E-state index is 0.141. The first kappa shape index (κ1) is 18.5. The summed E-state index contributed by atoms with van der Waals surface area (Å²) in [6.07, 6.45) is 11.6. The highest BCUT2D eigenvalue weighted by Crippen LogP contribution is 2.27. The Morgan fingerprint density at radius 3 is 2.29 bits per heavy atom. The molecule has 1 aromatic carbocycles. The van der Waals surface area contributed by atoms with Crippen molar-refractivity contribution in [3.05, 3.63) is 28.2 Å². The SMILES string of the molecule is CCCCCCCCCCC(NN)c1cc(Br)ccc1N. The minimum absolute atomic E-state index is 0.141. The number of hydrogen-bond donors (Lipinski definition) is 3. The van der Waals surface area contributed by atoms with E-state index < -0.39 is 0 Å². The van der Waals surface area contributed by atoms with Crippen LogP contribution in [0.4, 0.5) is 5.69 Å². The molecule has 0 fully saturated rings. The number of benzene rings is 1. The normalized spacial score (nSPS) is 12.5. The first-order valence-electron chi connectivity index (χ1n) is 8.20. The fourth-order valence-corrected chi connectivity index (χ4v) is 3.04. The first-order chi connectivity index (χ1) is 10.2. The summed E-state index contributed by atoms with van der Waals surface area (Å²) in [5.74, 6) is 5.70. The van der Waals surface area contributed by atoms with Crippen molar-refractivity contribution in [2.24, 2.45) is 5.84 Å². The van der Waals surface area contributed by atoms with Gasteiger partial charge in [0.05, 0.1) is 0 Å². The number of nitrogens with one attached hydrogen (secondary N) is 1. The molecule has 0 saturated heterocycles. The third-order valence-electron chi connectivity index (χ3n) is 3.97. The zero-order valence-electron chi connectivity index (χ0n) is 13.2. The lowest BCUT2D eigenvalue weighted by Gasteiger charge is -2.18. The molecule has 0 spiro atoms. The Labute approximate surface area is 138 Å². The van der Waals surface area contributed by atoms with Crippen molar-refractivity contribution in [3.8, 4) is 0 Å². The molecule has 1 atom stereocenters. The van der Waals surface area contributed by atoms with Crippen LogP contribution in [0.1, 0.15) is 76.3 Å². The zero-order chi connectivity index (χ0) is 15.5. The lowest BCUT2D eigenvalue weighted by atomic mass is 9.98. The largest absolute Gasteiger partial charge is 0.398 e. The van der Waals surface area contributed by atoms with Crippen molar-refractivity contribution in [1.82, 2.24) is 5.43 Å². The molecule has 5 N–H and O–H groups in total. The van der Waals surface area contributed by atoms with Gasteiger partial charge in [0.2, 0.25) is 0 Å². The van der Waals surface area contributed by atoms with Gasteiger partial charge in [-0.1, -0.05) is 74.2 Å². The van der Waals surface area contributed by atoms with Crippen LogP contribution in [0.3, 0.4) is 0 Å². The van der Waals surface area contributed by atoms with Crippen LogP contribution in [0.15, 0.2) is 22.7 Å². The van der Waals surface area contributed by atoms with E-state index in [-0.39, 0.29) is 6.04 Å². The second kappa shape index (κ2) is 11.0. The maximum atomic E-state index is 6.05. The predicted molar refractivity (Wildman–Crippen MR) is 95.8 cm³/mol. The predicted octanol–water partition coefficient (Wildman–Crippen LogP) is 5.07. The summed E-state index contributed by atoms with van der Waals surface area (Å²) in [5.41, 5.74) is 10.9. The fraction of sp³-hybridized carbons (Fsp3) is 0.647. The molecule has 0 aliphatic carbocycles. The Balaban J connectivity index is 2.27. The number of unbranched alkanes of at least 4 members (excludes halogenated alkanes) is 7. The van der Waals surface area contributed by atoms with Gasteiger partial charge in [0.25, 0.3) is 0 Å². The molecule has 0 aromatic heterocycles. The van der Waals surface area contributed by atoms with E-state index in [0.29, 0.717) is 0 Å². The molecule has 0 aliphatic rings. The van der Waals surface area contributed by atoms with Crippen molar-refractivity contribution in [2.75, 3.05) is 5.73 Å². The van der Waals surface area contributed by atoms with Gasteiger partial charge < -0.3 is 5.73 Å². The highest BCUT2D eigenvalue weighted by molar-refractivity contribution is 9.10. The van der Waals surface area contributed by atoms with Gasteiger partial charge in [-0.2, -0.15) is 0 Å². The lowest BCUT2D eigenvalue weighted by molar-refractivity contribution is 0.476. The zero-order valence-corrected chi connectivity index (χ0v) is 14.8. The van der Waals surface area contributed by atoms with Crippen molar-refractivity contribution in [1.29, 1.82) is 0 Å². The monoisotopic (exact) mass is 355 g/mol. The van der Waals surface area contributed by atoms with Gasteiger partial charge in [0.1, 0.15) is 0 Å². The van der Waals surface area contributed by atoms with E-state index in [1.807, 2.05) is 12.1 Å². The second-order valence-electron chi connectivity index (χ2n) is 5.76. The number of hydrazine groups is 1. The van der Waals surface area contributed by atoms with Gasteiger partial charge in [0.15, 0.2) is 0 Å². The van der Waals surface area contributed by atoms with E-state index in [4.69, 9.17) is 11.6 Å². The molecule has 0 aliphatic heterocycles. The third-order valence-corrected chi connectivity index (χ3v) is 4.47. The first-order valence-corrected chi connectivity index (χ1v) is 8.99. The number of anilines is 1. The van der Waals surface area contributed by atoms with Gasteiger partial charge in [-0.15, -0.1) is 0 Å². The average molecular weight is 356 g/mol. The molecule has 3 nitrogen and oxygen atoms in total. The Morgan fingerprint density at radius 2 is 1.67 bits per heavy atom. The molecule has 0 amide bonds. The highest BCUT2D eigenvalue weighted by atomic mass is 79.9. The van der Waals surface area contributed by atoms with Crippen LogP contribution in [0.5, 0.6) is 0 Å². The molecule has 0 heterocycles. The number of nitrogens with two attached hydrogens (primary N) is 2. The molecule has 4 heteroatoms. The topological polar surface area (TPSA) is 64.1 Å². The molecule has 21 heavy (non-hydrogen) atoms. The maximum absolute atomic E-state index is 6.05. The van der Waals surface area contributed by atoms with Crippen molar-refractivity contribution < 1.29 is 0 Å². The van der Waals surface area contributed by atoms with Gasteiger partial charge >= 0.3 is 0 Å². The van der Waals surface area contributed by atoms with Crippen LogP contribution >= 0.6 is 15.9 Å². The van der Waals surface area contributed by atoms with Gasteiger partial charge in [-0.25, -0.2) is 0 Å². The van der Waals surface area contributed by atoms with E-state index in [1.54, 1.807) is 0 Å². The molecule has 1 unspecified atom stereocenters. The van der Waals surface area contributed by atoms with E-state index in [9.17, 15) is 0 Å². The van der Waals surface area contributed by atoms with Gasteiger partial charge in [-0.05, 0) is 30.2 Å². The Bertz CT molecular complexity index is 396. The van der Waals surface area contributed by atoms with E-state index in [0.717, 1.165) is 22.1 Å². The summed E-state index contributed by atoms with van der Waals surface area (Å²) in [7, 11) is 0. The minimum Gasteiger partial charge on any atom is -0.398 e. The summed E-state index contributed by atoms with van der Waals surface area (Å²) in [6.45, 7) is 2.26. The number of nitrogen functional groups attached to an aromatic ring is 1. The van der Waals surface area contributed by atoms with Crippen LogP contribution < -0.4 is 17.0 Å². The van der Waals surface area contributed by atoms with Crippen LogP contribution in [-0.4, -0.2) is 0 Å². The summed E-state index contributed by atoms with van der Waals surface area (Å²) in [4.78, 5) is 0. The molecule has 0 bridgehead atoms. The lowest BCUT2D eigenvalue weighted by Crippen LogP contribution is -2.28. The molecule has 120 valence electrons. The quantitative estimate of drug-likeness (QED) is 0.225. The summed E-state index contributed by atoms with van der Waals surface area (Å²) < 4.78 is 1.04. The second-order valence-corrected chi connectivity index (χ2v) is 6.67. The van der Waals surface area contributed by atoms with E-state index >= 15 is 0 Å². The Morgan fingerprint density at radius 1 is 1.05 bits per heavy atom. The third kappa shape index (κ3) is 7.30. The van der Waals surface area contributed by atoms with Crippen molar-refractivity contribution in [2.45, 2.75) is 70.8 Å².